The lowest BCUT2D eigenvalue weighted by Gasteiger charge is -2.41. The van der Waals surface area contributed by atoms with Crippen molar-refractivity contribution in [2.45, 2.75) is 141 Å². The van der Waals surface area contributed by atoms with Gasteiger partial charge in [0.25, 0.3) is 6.08 Å². The van der Waals surface area contributed by atoms with Crippen molar-refractivity contribution in [1.29, 1.82) is 0 Å². The number of allylic oxidation sites excluding steroid dienone is 2. The quantitative estimate of drug-likeness (QED) is 0.184. The largest absolute Gasteiger partial charge is 0.378 e. The Kier molecular flexibility index (Phi) is 12.5. The van der Waals surface area contributed by atoms with Gasteiger partial charge in [0, 0.05) is 0 Å². The summed E-state index contributed by atoms with van der Waals surface area (Å²) in [5.41, 5.74) is 0. The molecule has 2 atom stereocenters. The Balaban J connectivity index is 1.01. The molecule has 0 bridgehead atoms. The molecule has 0 amide bonds. The number of hydrogen-bond acceptors (Lipinski definition) is 1. The van der Waals surface area contributed by atoms with Crippen molar-refractivity contribution >= 4 is 0 Å². The maximum atomic E-state index is 12.2. The molecule has 0 radical (unpaired) electrons. The van der Waals surface area contributed by atoms with Crippen LogP contribution < -0.4 is 0 Å². The molecule has 37 heavy (non-hydrogen) atoms. The monoisotopic (exact) mass is 518 g/mol. The van der Waals surface area contributed by atoms with Crippen molar-refractivity contribution in [3.8, 4) is 0 Å². The van der Waals surface area contributed by atoms with Gasteiger partial charge in [-0.1, -0.05) is 70.3 Å². The van der Waals surface area contributed by atoms with Crippen LogP contribution in [0, 0.1) is 41.4 Å². The Morgan fingerprint density at radius 3 is 1.68 bits per heavy atom. The Hall–Kier alpha value is -0.700. The van der Waals surface area contributed by atoms with E-state index in [9.17, 15) is 8.78 Å². The summed E-state index contributed by atoms with van der Waals surface area (Å²) in [5.74, 6) is 6.02. The molecule has 1 aliphatic heterocycles. The predicted octanol–water partition coefficient (Wildman–Crippen LogP) is 10.9. The zero-order valence-corrected chi connectivity index (χ0v) is 23.7. The smallest absolute Gasteiger partial charge is 0.266 e. The summed E-state index contributed by atoms with van der Waals surface area (Å²) in [7, 11) is 0. The SMILES string of the molecule is C=CCC1CCC(C2CCC(C3CCC(CCCCC4CCC(CCC=C(F)F)CC4)CC3)CO2)CC1. The number of rotatable bonds is 12. The minimum Gasteiger partial charge on any atom is -0.378 e. The van der Waals surface area contributed by atoms with Crippen LogP contribution in [0.4, 0.5) is 8.78 Å². The molecule has 0 aromatic heterocycles. The first kappa shape index (κ1) is 29.3. The molecule has 0 aromatic rings. The highest BCUT2D eigenvalue weighted by molar-refractivity contribution is 4.87. The van der Waals surface area contributed by atoms with Crippen molar-refractivity contribution in [2.24, 2.45) is 41.4 Å². The average Bonchev–Trinajstić information content (AvgIpc) is 2.93. The number of hydrogen-bond donors (Lipinski definition) is 0. The van der Waals surface area contributed by atoms with Crippen molar-refractivity contribution in [1.82, 2.24) is 0 Å². The van der Waals surface area contributed by atoms with E-state index in [1.165, 1.54) is 122 Å². The van der Waals surface area contributed by atoms with Gasteiger partial charge in [-0.3, -0.25) is 0 Å². The van der Waals surface area contributed by atoms with Crippen molar-refractivity contribution < 1.29 is 13.5 Å². The molecule has 3 saturated carbocycles. The maximum absolute atomic E-state index is 12.2. The molecule has 3 heteroatoms. The second-order valence-corrected chi connectivity index (χ2v) is 13.5. The average molecular weight is 519 g/mol. The summed E-state index contributed by atoms with van der Waals surface area (Å²) in [6.07, 6.45) is 29.9. The van der Waals surface area contributed by atoms with Crippen LogP contribution >= 0.6 is 0 Å². The van der Waals surface area contributed by atoms with Gasteiger partial charge in [0.1, 0.15) is 0 Å². The van der Waals surface area contributed by atoms with E-state index in [0.29, 0.717) is 18.4 Å². The van der Waals surface area contributed by atoms with E-state index in [4.69, 9.17) is 4.74 Å². The summed E-state index contributed by atoms with van der Waals surface area (Å²) >= 11 is 0. The zero-order chi connectivity index (χ0) is 25.9. The minimum absolute atomic E-state index is 0.551. The van der Waals surface area contributed by atoms with Gasteiger partial charge in [0.15, 0.2) is 0 Å². The Morgan fingerprint density at radius 2 is 1.14 bits per heavy atom. The highest BCUT2D eigenvalue weighted by Gasteiger charge is 2.35. The van der Waals surface area contributed by atoms with Gasteiger partial charge in [-0.05, 0) is 118 Å². The molecule has 4 fully saturated rings. The molecule has 0 N–H and O–H groups in total. The fourth-order valence-electron chi connectivity index (χ4n) is 8.62. The Labute approximate surface area is 227 Å². The molecule has 0 spiro atoms. The maximum Gasteiger partial charge on any atom is 0.266 e. The highest BCUT2D eigenvalue weighted by atomic mass is 19.3. The van der Waals surface area contributed by atoms with Gasteiger partial charge >= 0.3 is 0 Å². The van der Waals surface area contributed by atoms with E-state index in [-0.39, 0.29) is 0 Å². The van der Waals surface area contributed by atoms with E-state index < -0.39 is 6.08 Å². The van der Waals surface area contributed by atoms with Gasteiger partial charge in [-0.15, -0.1) is 6.58 Å². The number of halogens is 2. The van der Waals surface area contributed by atoms with Crippen LogP contribution in [0.1, 0.15) is 135 Å². The lowest BCUT2D eigenvalue weighted by molar-refractivity contribution is -0.0738. The second-order valence-electron chi connectivity index (χ2n) is 13.5. The van der Waals surface area contributed by atoms with Crippen LogP contribution in [0.3, 0.4) is 0 Å². The van der Waals surface area contributed by atoms with Crippen LogP contribution in [-0.2, 0) is 4.74 Å². The first-order valence-corrected chi connectivity index (χ1v) is 16.3. The molecule has 0 aromatic carbocycles. The molecular formula is C34H56F2O. The molecular weight excluding hydrogens is 462 g/mol. The summed E-state index contributed by atoms with van der Waals surface area (Å²) in [4.78, 5) is 0. The third-order valence-corrected chi connectivity index (χ3v) is 11.1. The molecule has 1 heterocycles. The van der Waals surface area contributed by atoms with Crippen LogP contribution in [-0.4, -0.2) is 12.7 Å². The van der Waals surface area contributed by atoms with E-state index in [0.717, 1.165) is 54.6 Å². The van der Waals surface area contributed by atoms with Gasteiger partial charge in [0.2, 0.25) is 0 Å². The van der Waals surface area contributed by atoms with E-state index in [1.807, 2.05) is 0 Å². The number of ether oxygens (including phenoxy) is 1. The fraction of sp³-hybridized carbons (Fsp3) is 0.882. The summed E-state index contributed by atoms with van der Waals surface area (Å²) in [6.45, 7) is 4.97. The summed E-state index contributed by atoms with van der Waals surface area (Å²) < 4.78 is 31.0. The molecule has 212 valence electrons. The lowest BCUT2D eigenvalue weighted by Crippen LogP contribution is -2.37. The second kappa shape index (κ2) is 15.8. The molecule has 4 aliphatic rings. The third kappa shape index (κ3) is 9.77. The minimum atomic E-state index is -1.51. The van der Waals surface area contributed by atoms with Crippen molar-refractivity contribution in [3.05, 3.63) is 24.8 Å². The first-order valence-electron chi connectivity index (χ1n) is 16.3. The standard InChI is InChI=1S/C34H56F2O/c1-2-6-26-17-21-31(22-18-26)33-24-23-32(25-37-33)30-19-15-28(16-20-30)8-4-3-7-27-11-13-29(14-12-27)9-5-10-34(35)36/h2,10,26-33H,1,3-9,11-25H2. The fourth-order valence-corrected chi connectivity index (χ4v) is 8.62. The molecule has 2 unspecified atom stereocenters. The van der Waals surface area contributed by atoms with Crippen molar-refractivity contribution in [3.63, 3.8) is 0 Å². The summed E-state index contributed by atoms with van der Waals surface area (Å²) in [6, 6.07) is 0. The molecule has 3 aliphatic carbocycles. The van der Waals surface area contributed by atoms with Crippen LogP contribution in [0.25, 0.3) is 0 Å². The highest BCUT2D eigenvalue weighted by Crippen LogP contribution is 2.42. The van der Waals surface area contributed by atoms with Crippen LogP contribution in [0.2, 0.25) is 0 Å². The first-order chi connectivity index (χ1) is 18.1. The zero-order valence-electron chi connectivity index (χ0n) is 23.7. The van der Waals surface area contributed by atoms with Gasteiger partial charge in [0.05, 0.1) is 12.7 Å². The van der Waals surface area contributed by atoms with E-state index in [2.05, 4.69) is 12.7 Å². The molecule has 4 rings (SSSR count). The van der Waals surface area contributed by atoms with Crippen LogP contribution in [0.5, 0.6) is 0 Å². The Bertz CT molecular complexity index is 653. The van der Waals surface area contributed by atoms with Gasteiger partial charge in [-0.25, -0.2) is 0 Å². The molecule has 1 saturated heterocycles. The van der Waals surface area contributed by atoms with Gasteiger partial charge in [-0.2, -0.15) is 8.78 Å². The summed E-state index contributed by atoms with van der Waals surface area (Å²) in [5, 5.41) is 0. The Morgan fingerprint density at radius 1 is 0.622 bits per heavy atom. The van der Waals surface area contributed by atoms with Crippen LogP contribution in [0.15, 0.2) is 24.8 Å². The number of unbranched alkanes of at least 4 members (excludes halogenated alkanes) is 1. The lowest BCUT2D eigenvalue weighted by atomic mass is 9.71. The topological polar surface area (TPSA) is 9.23 Å². The van der Waals surface area contributed by atoms with Gasteiger partial charge < -0.3 is 4.74 Å². The predicted molar refractivity (Wildman–Crippen MR) is 152 cm³/mol. The van der Waals surface area contributed by atoms with E-state index >= 15 is 0 Å². The van der Waals surface area contributed by atoms with Crippen molar-refractivity contribution in [2.75, 3.05) is 6.61 Å². The van der Waals surface area contributed by atoms with E-state index in [1.54, 1.807) is 0 Å². The molecule has 1 nitrogen and oxygen atoms in total. The normalized spacial score (nSPS) is 37.1. The third-order valence-electron chi connectivity index (χ3n) is 11.1.